The molecule has 0 saturated carbocycles. The predicted molar refractivity (Wildman–Crippen MR) is 75.2 cm³/mol. The number of amides is 1. The fourth-order valence-corrected chi connectivity index (χ4v) is 2.76. The molecule has 102 valence electrons. The standard InChI is InChI=1S/C11H19N3O2S2/c1-7(4-5-18(3)16)13-10(15)9-6-17-11(14-9)8(2)12/h6-8H,4-5,12H2,1-3H3,(H,13,15). The molecule has 1 amide bonds. The van der Waals surface area contributed by atoms with Gasteiger partial charge in [0.15, 0.2) is 0 Å². The van der Waals surface area contributed by atoms with E-state index in [9.17, 15) is 9.00 Å². The number of nitrogens with two attached hydrogens (primary N) is 1. The molecule has 0 aliphatic carbocycles. The third-order valence-electron chi connectivity index (χ3n) is 2.36. The first-order valence-electron chi connectivity index (χ1n) is 5.72. The number of hydrogen-bond donors (Lipinski definition) is 2. The van der Waals surface area contributed by atoms with Crippen LogP contribution in [0.5, 0.6) is 0 Å². The number of rotatable bonds is 6. The molecule has 3 atom stereocenters. The van der Waals surface area contributed by atoms with Gasteiger partial charge in [0, 0.05) is 34.2 Å². The highest BCUT2D eigenvalue weighted by Gasteiger charge is 2.14. The van der Waals surface area contributed by atoms with E-state index < -0.39 is 10.8 Å². The average Bonchev–Trinajstić information content (AvgIpc) is 2.75. The zero-order chi connectivity index (χ0) is 13.7. The molecule has 18 heavy (non-hydrogen) atoms. The third kappa shape index (κ3) is 4.83. The summed E-state index contributed by atoms with van der Waals surface area (Å²) in [7, 11) is -0.829. The molecule has 0 bridgehead atoms. The van der Waals surface area contributed by atoms with Crippen LogP contribution in [0.2, 0.25) is 0 Å². The van der Waals surface area contributed by atoms with Crippen molar-refractivity contribution in [2.45, 2.75) is 32.4 Å². The Morgan fingerprint density at radius 3 is 2.78 bits per heavy atom. The second-order valence-corrected chi connectivity index (χ2v) is 6.74. The summed E-state index contributed by atoms with van der Waals surface area (Å²) in [5.74, 6) is 0.386. The Kier molecular flexibility index (Phi) is 5.90. The van der Waals surface area contributed by atoms with E-state index in [1.165, 1.54) is 11.3 Å². The minimum atomic E-state index is -0.829. The number of carbonyl (C=O) groups excluding carboxylic acids is 1. The Balaban J connectivity index is 2.51. The lowest BCUT2D eigenvalue weighted by Crippen LogP contribution is -2.33. The number of thiazole rings is 1. The van der Waals surface area contributed by atoms with Gasteiger partial charge in [0.25, 0.3) is 5.91 Å². The van der Waals surface area contributed by atoms with Crippen LogP contribution in [0, 0.1) is 0 Å². The average molecular weight is 289 g/mol. The van der Waals surface area contributed by atoms with Gasteiger partial charge in [0.1, 0.15) is 10.7 Å². The monoisotopic (exact) mass is 289 g/mol. The highest BCUT2D eigenvalue weighted by Crippen LogP contribution is 2.15. The highest BCUT2D eigenvalue weighted by molar-refractivity contribution is 7.84. The molecular weight excluding hydrogens is 270 g/mol. The zero-order valence-corrected chi connectivity index (χ0v) is 12.4. The lowest BCUT2D eigenvalue weighted by Gasteiger charge is -2.11. The van der Waals surface area contributed by atoms with Gasteiger partial charge < -0.3 is 11.1 Å². The molecule has 0 aromatic carbocycles. The third-order valence-corrected chi connectivity index (χ3v) is 4.22. The quantitative estimate of drug-likeness (QED) is 0.819. The van der Waals surface area contributed by atoms with Crippen molar-refractivity contribution < 1.29 is 9.00 Å². The van der Waals surface area contributed by atoms with Gasteiger partial charge in [-0.1, -0.05) is 0 Å². The van der Waals surface area contributed by atoms with Gasteiger partial charge in [-0.15, -0.1) is 11.3 Å². The Morgan fingerprint density at radius 2 is 2.28 bits per heavy atom. The van der Waals surface area contributed by atoms with Crippen molar-refractivity contribution in [1.82, 2.24) is 10.3 Å². The van der Waals surface area contributed by atoms with Crippen molar-refractivity contribution in [3.8, 4) is 0 Å². The molecule has 0 fully saturated rings. The molecule has 7 heteroatoms. The van der Waals surface area contributed by atoms with Crippen LogP contribution in [-0.2, 0) is 10.8 Å². The van der Waals surface area contributed by atoms with Crippen molar-refractivity contribution in [1.29, 1.82) is 0 Å². The van der Waals surface area contributed by atoms with Gasteiger partial charge in [-0.3, -0.25) is 9.00 Å². The second kappa shape index (κ2) is 6.96. The van der Waals surface area contributed by atoms with E-state index in [4.69, 9.17) is 5.73 Å². The van der Waals surface area contributed by atoms with Gasteiger partial charge in [-0.05, 0) is 20.3 Å². The molecule has 3 N–H and O–H groups in total. The van der Waals surface area contributed by atoms with Gasteiger partial charge >= 0.3 is 0 Å². The zero-order valence-electron chi connectivity index (χ0n) is 10.8. The molecule has 0 aliphatic heterocycles. The minimum Gasteiger partial charge on any atom is -0.348 e. The maximum absolute atomic E-state index is 11.9. The normalized spacial score (nSPS) is 16.0. The molecule has 5 nitrogen and oxygen atoms in total. The lowest BCUT2D eigenvalue weighted by molar-refractivity contribution is 0.0935. The summed E-state index contributed by atoms with van der Waals surface area (Å²) in [6, 6.07) is -0.168. The predicted octanol–water partition coefficient (Wildman–Crippen LogP) is 1.05. The van der Waals surface area contributed by atoms with Gasteiger partial charge in [0.05, 0.1) is 6.04 Å². The van der Waals surface area contributed by atoms with E-state index >= 15 is 0 Å². The molecule has 1 heterocycles. The summed E-state index contributed by atoms with van der Waals surface area (Å²) >= 11 is 1.39. The first-order valence-corrected chi connectivity index (χ1v) is 8.32. The Hall–Kier alpha value is -0.790. The largest absolute Gasteiger partial charge is 0.348 e. The summed E-state index contributed by atoms with van der Waals surface area (Å²) in [6.07, 6.45) is 2.35. The van der Waals surface area contributed by atoms with Gasteiger partial charge in [-0.25, -0.2) is 4.98 Å². The minimum absolute atomic E-state index is 0.0122. The van der Waals surface area contributed by atoms with Crippen LogP contribution in [0.3, 0.4) is 0 Å². The summed E-state index contributed by atoms with van der Waals surface area (Å²) in [4.78, 5) is 16.0. The van der Waals surface area contributed by atoms with Crippen molar-refractivity contribution >= 4 is 28.0 Å². The van der Waals surface area contributed by atoms with E-state index in [1.807, 2.05) is 13.8 Å². The number of aromatic nitrogens is 1. The van der Waals surface area contributed by atoms with E-state index in [2.05, 4.69) is 10.3 Å². The van der Waals surface area contributed by atoms with Crippen molar-refractivity contribution in [3.63, 3.8) is 0 Å². The van der Waals surface area contributed by atoms with Gasteiger partial charge in [-0.2, -0.15) is 0 Å². The first-order chi connectivity index (χ1) is 8.40. The molecule has 3 unspecified atom stereocenters. The number of nitrogens with one attached hydrogen (secondary N) is 1. The summed E-state index contributed by atoms with van der Waals surface area (Å²) in [5, 5.41) is 5.29. The van der Waals surface area contributed by atoms with Crippen molar-refractivity contribution in [2.24, 2.45) is 5.73 Å². The summed E-state index contributed by atoms with van der Waals surface area (Å²) in [5.41, 5.74) is 6.09. The lowest BCUT2D eigenvalue weighted by atomic mass is 10.2. The highest BCUT2D eigenvalue weighted by atomic mass is 32.2. The smallest absolute Gasteiger partial charge is 0.270 e. The molecule has 1 rings (SSSR count). The van der Waals surface area contributed by atoms with Crippen LogP contribution in [0.4, 0.5) is 0 Å². The molecule has 1 aromatic heterocycles. The molecule has 0 saturated heterocycles. The summed E-state index contributed by atoms with van der Waals surface area (Å²) < 4.78 is 11.0. The van der Waals surface area contributed by atoms with Crippen LogP contribution >= 0.6 is 11.3 Å². The maximum atomic E-state index is 11.9. The van der Waals surface area contributed by atoms with Crippen molar-refractivity contribution in [2.75, 3.05) is 12.0 Å². The fourth-order valence-electron chi connectivity index (χ4n) is 1.31. The van der Waals surface area contributed by atoms with E-state index in [-0.39, 0.29) is 18.0 Å². The second-order valence-electron chi connectivity index (χ2n) is 4.30. The fraction of sp³-hybridized carbons (Fsp3) is 0.636. The van der Waals surface area contributed by atoms with Crippen LogP contribution in [-0.4, -0.2) is 33.2 Å². The van der Waals surface area contributed by atoms with Crippen LogP contribution in [0.15, 0.2) is 5.38 Å². The SMILES string of the molecule is CC(CCS(C)=O)NC(=O)c1csc(C(C)N)n1. The van der Waals surface area contributed by atoms with Crippen molar-refractivity contribution in [3.05, 3.63) is 16.1 Å². The van der Waals surface area contributed by atoms with Gasteiger partial charge in [0.2, 0.25) is 0 Å². The molecule has 1 aromatic rings. The molecule has 0 radical (unpaired) electrons. The molecule has 0 aliphatic rings. The topological polar surface area (TPSA) is 85.1 Å². The van der Waals surface area contributed by atoms with Crippen LogP contribution in [0.25, 0.3) is 0 Å². The molecule has 0 spiro atoms. The van der Waals surface area contributed by atoms with Crippen LogP contribution in [0.1, 0.15) is 41.8 Å². The van der Waals surface area contributed by atoms with E-state index in [0.29, 0.717) is 17.9 Å². The van der Waals surface area contributed by atoms with Crippen LogP contribution < -0.4 is 11.1 Å². The summed E-state index contributed by atoms with van der Waals surface area (Å²) in [6.45, 7) is 3.73. The number of nitrogens with zero attached hydrogens (tertiary/aromatic N) is 1. The molecular formula is C11H19N3O2S2. The first kappa shape index (κ1) is 15.3. The Labute approximate surface area is 114 Å². The number of hydrogen-bond acceptors (Lipinski definition) is 5. The van der Waals surface area contributed by atoms with E-state index in [0.717, 1.165) is 5.01 Å². The maximum Gasteiger partial charge on any atom is 0.270 e. The Bertz CT molecular complexity index is 432. The van der Waals surface area contributed by atoms with E-state index in [1.54, 1.807) is 11.6 Å². The number of carbonyl (C=O) groups is 1. The Morgan fingerprint density at radius 1 is 1.61 bits per heavy atom.